The molecule has 0 radical (unpaired) electrons. The summed E-state index contributed by atoms with van der Waals surface area (Å²) in [6.45, 7) is 3.78. The van der Waals surface area contributed by atoms with Crippen LogP contribution in [0.2, 0.25) is 0 Å². The zero-order chi connectivity index (χ0) is 20.2. The summed E-state index contributed by atoms with van der Waals surface area (Å²) < 4.78 is 5.16. The Kier molecular flexibility index (Phi) is 9.28. The number of nitrogens with two attached hydrogens (primary N) is 1. The fraction of sp³-hybridized carbons (Fsp3) is 0.368. The van der Waals surface area contributed by atoms with Crippen LogP contribution in [0.25, 0.3) is 11.0 Å². The number of hydrogen-bond acceptors (Lipinski definition) is 5. The Labute approximate surface area is 157 Å². The number of amides is 3. The lowest BCUT2D eigenvalue weighted by Gasteiger charge is -2.07. The molecule has 0 atom stereocenters. The van der Waals surface area contributed by atoms with Gasteiger partial charge in [0.15, 0.2) is 0 Å². The average Bonchev–Trinajstić information content (AvgIpc) is 2.57. The number of aryl methyl sites for hydroxylation is 1. The van der Waals surface area contributed by atoms with Gasteiger partial charge in [0.1, 0.15) is 5.58 Å². The van der Waals surface area contributed by atoms with Crippen LogP contribution in [0.15, 0.2) is 33.5 Å². The lowest BCUT2D eigenvalue weighted by molar-refractivity contribution is -0.117. The van der Waals surface area contributed by atoms with Gasteiger partial charge in [0.2, 0.25) is 18.2 Å². The molecule has 1 aromatic carbocycles. The molecule has 8 nitrogen and oxygen atoms in total. The molecule has 0 bridgehead atoms. The van der Waals surface area contributed by atoms with E-state index in [0.29, 0.717) is 30.6 Å². The summed E-state index contributed by atoms with van der Waals surface area (Å²) in [6, 6.07) is 6.73. The minimum absolute atomic E-state index is 0.0808. The van der Waals surface area contributed by atoms with Crippen molar-refractivity contribution in [2.45, 2.75) is 39.5 Å². The van der Waals surface area contributed by atoms with Gasteiger partial charge in [0, 0.05) is 43.1 Å². The van der Waals surface area contributed by atoms with Gasteiger partial charge in [0.05, 0.1) is 0 Å². The van der Waals surface area contributed by atoms with Crippen molar-refractivity contribution < 1.29 is 18.8 Å². The number of hydrogen-bond donors (Lipinski definition) is 3. The van der Waals surface area contributed by atoms with Crippen LogP contribution in [0.4, 0.5) is 5.69 Å². The van der Waals surface area contributed by atoms with Crippen molar-refractivity contribution >= 4 is 34.9 Å². The highest BCUT2D eigenvalue weighted by Gasteiger charge is 2.06. The van der Waals surface area contributed by atoms with Gasteiger partial charge >= 0.3 is 5.63 Å². The lowest BCUT2D eigenvalue weighted by atomic mass is 10.1. The highest BCUT2D eigenvalue weighted by Crippen LogP contribution is 2.20. The molecule has 1 aromatic heterocycles. The van der Waals surface area contributed by atoms with Gasteiger partial charge in [0.25, 0.3) is 0 Å². The number of carbonyl (C=O) groups is 3. The van der Waals surface area contributed by atoms with E-state index in [1.165, 1.54) is 13.0 Å². The van der Waals surface area contributed by atoms with Crippen molar-refractivity contribution in [3.8, 4) is 0 Å². The molecule has 0 unspecified atom stereocenters. The lowest BCUT2D eigenvalue weighted by Crippen LogP contribution is -2.13. The fourth-order valence-corrected chi connectivity index (χ4v) is 2.37. The summed E-state index contributed by atoms with van der Waals surface area (Å²) in [5, 5.41) is 6.24. The molecule has 0 fully saturated rings. The summed E-state index contributed by atoms with van der Waals surface area (Å²) in [4.78, 5) is 42.6. The number of fused-ring (bicyclic) bond motifs is 1. The molecule has 0 saturated heterocycles. The number of unbranched alkanes of at least 4 members (excludes halogenated alkanes) is 2. The maximum absolute atomic E-state index is 11.9. The number of rotatable bonds is 8. The largest absolute Gasteiger partial charge is 0.423 e. The van der Waals surface area contributed by atoms with Gasteiger partial charge < -0.3 is 20.8 Å². The van der Waals surface area contributed by atoms with Crippen molar-refractivity contribution in [3.05, 3.63) is 40.2 Å². The molecule has 2 rings (SSSR count). The number of primary amides is 1. The van der Waals surface area contributed by atoms with Crippen LogP contribution in [0.1, 0.15) is 38.2 Å². The Balaban J connectivity index is 0.000000828. The van der Waals surface area contributed by atoms with E-state index in [-0.39, 0.29) is 11.8 Å². The Morgan fingerprint density at radius 2 is 1.89 bits per heavy atom. The van der Waals surface area contributed by atoms with Crippen molar-refractivity contribution in [1.82, 2.24) is 5.32 Å². The predicted molar refractivity (Wildman–Crippen MR) is 103 cm³/mol. The predicted octanol–water partition coefficient (Wildman–Crippen LogP) is 1.84. The second kappa shape index (κ2) is 11.5. The van der Waals surface area contributed by atoms with Crippen LogP contribution < -0.4 is 22.0 Å². The van der Waals surface area contributed by atoms with Crippen molar-refractivity contribution in [3.63, 3.8) is 0 Å². The SMILES string of the molecule is CC(N)=O.Cc1cc(=O)oc2cc(NC(=O)CCCCCNC=O)ccc12. The minimum atomic E-state index is -0.401. The van der Waals surface area contributed by atoms with Crippen molar-refractivity contribution in [2.24, 2.45) is 5.73 Å². The van der Waals surface area contributed by atoms with Gasteiger partial charge in [-0.3, -0.25) is 14.4 Å². The van der Waals surface area contributed by atoms with Gasteiger partial charge in [-0.2, -0.15) is 0 Å². The van der Waals surface area contributed by atoms with E-state index in [1.54, 1.807) is 12.1 Å². The van der Waals surface area contributed by atoms with E-state index < -0.39 is 5.63 Å². The van der Waals surface area contributed by atoms with Gasteiger partial charge in [-0.15, -0.1) is 0 Å². The van der Waals surface area contributed by atoms with Crippen LogP contribution in [0.5, 0.6) is 0 Å². The second-order valence-electron chi connectivity index (χ2n) is 6.00. The van der Waals surface area contributed by atoms with Crippen LogP contribution in [-0.4, -0.2) is 24.8 Å². The quantitative estimate of drug-likeness (QED) is 0.368. The van der Waals surface area contributed by atoms with E-state index >= 15 is 0 Å². The van der Waals surface area contributed by atoms with Crippen LogP contribution in [0, 0.1) is 6.92 Å². The monoisotopic (exact) mass is 375 g/mol. The first kappa shape index (κ1) is 21.9. The molecular weight excluding hydrogens is 350 g/mol. The van der Waals surface area contributed by atoms with Gasteiger partial charge in [-0.25, -0.2) is 4.79 Å². The standard InChI is InChI=1S/C17H20N2O4.C2H5NO/c1-12-9-17(22)23-15-10-13(6-7-14(12)15)19-16(21)5-3-2-4-8-18-11-20;1-2(3)4/h6-7,9-11H,2-5,8H2,1H3,(H,18,20)(H,19,21);1H3,(H2,3,4). The Morgan fingerprint density at radius 1 is 1.19 bits per heavy atom. The first-order valence-corrected chi connectivity index (χ1v) is 8.61. The highest BCUT2D eigenvalue weighted by molar-refractivity contribution is 5.93. The summed E-state index contributed by atoms with van der Waals surface area (Å²) in [6.07, 6.45) is 3.57. The fourth-order valence-electron chi connectivity index (χ4n) is 2.37. The summed E-state index contributed by atoms with van der Waals surface area (Å²) in [5.74, 6) is -0.414. The van der Waals surface area contributed by atoms with E-state index in [1.807, 2.05) is 13.0 Å². The Morgan fingerprint density at radius 3 is 2.56 bits per heavy atom. The van der Waals surface area contributed by atoms with Crippen LogP contribution in [0.3, 0.4) is 0 Å². The summed E-state index contributed by atoms with van der Waals surface area (Å²) in [5.41, 5.74) is 5.99. The minimum Gasteiger partial charge on any atom is -0.423 e. The molecule has 27 heavy (non-hydrogen) atoms. The van der Waals surface area contributed by atoms with Crippen LogP contribution in [-0.2, 0) is 14.4 Å². The van der Waals surface area contributed by atoms with E-state index in [4.69, 9.17) is 4.42 Å². The zero-order valence-corrected chi connectivity index (χ0v) is 15.5. The van der Waals surface area contributed by atoms with Crippen molar-refractivity contribution in [2.75, 3.05) is 11.9 Å². The van der Waals surface area contributed by atoms with Gasteiger partial charge in [-0.1, -0.05) is 6.42 Å². The highest BCUT2D eigenvalue weighted by atomic mass is 16.4. The molecule has 3 amide bonds. The molecule has 1 heterocycles. The molecule has 146 valence electrons. The van der Waals surface area contributed by atoms with Crippen molar-refractivity contribution in [1.29, 1.82) is 0 Å². The third-order valence-corrected chi connectivity index (χ3v) is 3.54. The third kappa shape index (κ3) is 8.66. The molecule has 8 heteroatoms. The molecule has 0 aliphatic heterocycles. The number of anilines is 1. The normalized spacial score (nSPS) is 9.85. The average molecular weight is 375 g/mol. The maximum atomic E-state index is 11.9. The molecule has 0 spiro atoms. The molecule has 0 aliphatic rings. The van der Waals surface area contributed by atoms with Crippen LogP contribution >= 0.6 is 0 Å². The molecule has 2 aromatic rings. The van der Waals surface area contributed by atoms with E-state index in [9.17, 15) is 19.2 Å². The maximum Gasteiger partial charge on any atom is 0.336 e. The topological polar surface area (TPSA) is 132 Å². The molecule has 0 aliphatic carbocycles. The van der Waals surface area contributed by atoms with Gasteiger partial charge in [-0.05, 0) is 37.5 Å². The Hall–Kier alpha value is -3.16. The smallest absolute Gasteiger partial charge is 0.336 e. The third-order valence-electron chi connectivity index (χ3n) is 3.54. The summed E-state index contributed by atoms with van der Waals surface area (Å²) in [7, 11) is 0. The number of carbonyl (C=O) groups excluding carboxylic acids is 3. The molecular formula is C19H25N3O5. The number of nitrogens with one attached hydrogen (secondary N) is 2. The molecule has 0 saturated carbocycles. The van der Waals surface area contributed by atoms with E-state index in [2.05, 4.69) is 16.4 Å². The molecule has 4 N–H and O–H groups in total. The number of benzene rings is 1. The second-order valence-corrected chi connectivity index (χ2v) is 6.00. The summed E-state index contributed by atoms with van der Waals surface area (Å²) >= 11 is 0. The van der Waals surface area contributed by atoms with E-state index in [0.717, 1.165) is 30.2 Å². The first-order valence-electron chi connectivity index (χ1n) is 8.61. The Bertz CT molecular complexity index is 841. The zero-order valence-electron chi connectivity index (χ0n) is 15.5. The first-order chi connectivity index (χ1) is 12.8.